The Balaban J connectivity index is 1.37. The minimum absolute atomic E-state index is 0.483. The molecule has 0 aliphatic heterocycles. The SMILES string of the molecule is CC(C)c1ccc(N(c2ccccc2)c2ccc3ccc4c(N(c5ccccc5)c5ccc(C(C)C)cc5)ccc5ccc2c3c54)cc1. The monoisotopic (exact) mass is 620 g/mol. The van der Waals surface area contributed by atoms with Crippen molar-refractivity contribution in [3.63, 3.8) is 0 Å². The number of hydrogen-bond acceptors (Lipinski definition) is 2. The quantitative estimate of drug-likeness (QED) is 0.156. The van der Waals surface area contributed by atoms with Crippen LogP contribution in [0.5, 0.6) is 0 Å². The lowest BCUT2D eigenvalue weighted by Gasteiger charge is -2.29. The fourth-order valence-corrected chi connectivity index (χ4v) is 7.19. The van der Waals surface area contributed by atoms with Crippen LogP contribution < -0.4 is 9.80 Å². The summed E-state index contributed by atoms with van der Waals surface area (Å²) in [6.07, 6.45) is 0. The molecule has 0 fully saturated rings. The van der Waals surface area contributed by atoms with E-state index in [1.54, 1.807) is 0 Å². The van der Waals surface area contributed by atoms with Crippen molar-refractivity contribution in [2.75, 3.05) is 9.80 Å². The Kier molecular flexibility index (Phi) is 7.57. The van der Waals surface area contributed by atoms with E-state index in [1.165, 1.54) is 54.8 Å². The van der Waals surface area contributed by atoms with Gasteiger partial charge in [-0.15, -0.1) is 0 Å². The van der Waals surface area contributed by atoms with Crippen LogP contribution in [0.3, 0.4) is 0 Å². The molecule has 0 heterocycles. The van der Waals surface area contributed by atoms with E-state index >= 15 is 0 Å². The van der Waals surface area contributed by atoms with Gasteiger partial charge in [0.25, 0.3) is 0 Å². The van der Waals surface area contributed by atoms with E-state index in [0.29, 0.717) is 11.8 Å². The van der Waals surface area contributed by atoms with Crippen LogP contribution in [0.25, 0.3) is 32.3 Å². The van der Waals surface area contributed by atoms with E-state index in [2.05, 4.69) is 195 Å². The van der Waals surface area contributed by atoms with Crippen LogP contribution in [0.1, 0.15) is 50.7 Å². The van der Waals surface area contributed by atoms with Gasteiger partial charge in [0.05, 0.1) is 11.4 Å². The van der Waals surface area contributed by atoms with Gasteiger partial charge in [-0.05, 0) is 105 Å². The number of para-hydroxylation sites is 2. The van der Waals surface area contributed by atoms with Crippen molar-refractivity contribution >= 4 is 66.4 Å². The molecule has 8 aromatic carbocycles. The predicted octanol–water partition coefficient (Wildman–Crippen LogP) is 13.8. The highest BCUT2D eigenvalue weighted by Crippen LogP contribution is 2.47. The molecular weight excluding hydrogens is 581 g/mol. The van der Waals surface area contributed by atoms with Gasteiger partial charge < -0.3 is 9.80 Å². The van der Waals surface area contributed by atoms with Crippen LogP contribution in [0, 0.1) is 0 Å². The molecule has 0 N–H and O–H groups in total. The molecule has 0 saturated carbocycles. The standard InChI is InChI=1S/C46H40N2/c1-31(2)33-15-23-39(24-16-33)47(37-11-7-5-8-12-37)43-29-21-35-20-28-42-44(30-22-36-19-27-41(43)45(35)46(36)42)48(38-13-9-6-10-14-38)40-25-17-34(18-26-40)32(3)4/h5-32H,1-4H3. The molecule has 0 saturated heterocycles. The van der Waals surface area contributed by atoms with Crippen LogP contribution in [0.2, 0.25) is 0 Å². The fourth-order valence-electron chi connectivity index (χ4n) is 7.19. The highest BCUT2D eigenvalue weighted by atomic mass is 15.1. The van der Waals surface area contributed by atoms with E-state index in [0.717, 1.165) is 22.7 Å². The molecule has 8 rings (SSSR count). The Bertz CT molecular complexity index is 2150. The molecule has 2 heteroatoms. The fraction of sp³-hybridized carbons (Fsp3) is 0.130. The van der Waals surface area contributed by atoms with Crippen LogP contribution in [-0.2, 0) is 0 Å². The van der Waals surface area contributed by atoms with Crippen molar-refractivity contribution in [1.82, 2.24) is 0 Å². The third-order valence-corrected chi connectivity index (χ3v) is 9.77. The Morgan fingerprint density at radius 1 is 0.333 bits per heavy atom. The average Bonchev–Trinajstić information content (AvgIpc) is 3.13. The van der Waals surface area contributed by atoms with Gasteiger partial charge in [-0.2, -0.15) is 0 Å². The topological polar surface area (TPSA) is 6.48 Å². The van der Waals surface area contributed by atoms with Crippen molar-refractivity contribution in [2.24, 2.45) is 0 Å². The molecule has 0 radical (unpaired) electrons. The van der Waals surface area contributed by atoms with Gasteiger partial charge in [-0.1, -0.05) is 125 Å². The lowest BCUT2D eigenvalue weighted by atomic mass is 9.91. The Morgan fingerprint density at radius 3 is 1.02 bits per heavy atom. The van der Waals surface area contributed by atoms with Crippen LogP contribution in [0.15, 0.2) is 158 Å². The van der Waals surface area contributed by atoms with Crippen molar-refractivity contribution in [3.8, 4) is 0 Å². The van der Waals surface area contributed by atoms with Gasteiger partial charge in [0.2, 0.25) is 0 Å². The summed E-state index contributed by atoms with van der Waals surface area (Å²) in [5.74, 6) is 0.966. The summed E-state index contributed by atoms with van der Waals surface area (Å²) in [5, 5.41) is 7.58. The minimum Gasteiger partial charge on any atom is -0.310 e. The normalized spacial score (nSPS) is 11.7. The molecule has 0 spiro atoms. The number of hydrogen-bond donors (Lipinski definition) is 0. The second-order valence-electron chi connectivity index (χ2n) is 13.4. The van der Waals surface area contributed by atoms with Crippen molar-refractivity contribution in [2.45, 2.75) is 39.5 Å². The molecular formula is C46H40N2. The first-order valence-electron chi connectivity index (χ1n) is 17.1. The summed E-state index contributed by atoms with van der Waals surface area (Å²) in [6, 6.07) is 58.0. The zero-order chi connectivity index (χ0) is 32.8. The summed E-state index contributed by atoms with van der Waals surface area (Å²) in [7, 11) is 0. The first-order chi connectivity index (χ1) is 23.5. The second-order valence-corrected chi connectivity index (χ2v) is 13.4. The lowest BCUT2D eigenvalue weighted by Crippen LogP contribution is -2.11. The van der Waals surface area contributed by atoms with Gasteiger partial charge in [0.1, 0.15) is 0 Å². The van der Waals surface area contributed by atoms with Gasteiger partial charge in [0, 0.05) is 33.5 Å². The van der Waals surface area contributed by atoms with Gasteiger partial charge in [0.15, 0.2) is 0 Å². The number of benzene rings is 8. The maximum absolute atomic E-state index is 2.41. The molecule has 2 nitrogen and oxygen atoms in total. The maximum Gasteiger partial charge on any atom is 0.0540 e. The van der Waals surface area contributed by atoms with E-state index in [1.807, 2.05) is 0 Å². The molecule has 0 bridgehead atoms. The van der Waals surface area contributed by atoms with Gasteiger partial charge >= 0.3 is 0 Å². The molecule has 0 aliphatic carbocycles. The van der Waals surface area contributed by atoms with Crippen molar-refractivity contribution in [3.05, 3.63) is 169 Å². The molecule has 0 unspecified atom stereocenters. The highest BCUT2D eigenvalue weighted by Gasteiger charge is 2.21. The first kappa shape index (κ1) is 29.8. The molecule has 234 valence electrons. The molecule has 0 aromatic heterocycles. The summed E-state index contributed by atoms with van der Waals surface area (Å²) >= 11 is 0. The van der Waals surface area contributed by atoms with Crippen LogP contribution >= 0.6 is 0 Å². The van der Waals surface area contributed by atoms with Gasteiger partial charge in [-0.25, -0.2) is 0 Å². The molecule has 0 amide bonds. The summed E-state index contributed by atoms with van der Waals surface area (Å²) in [6.45, 7) is 9.00. The smallest absolute Gasteiger partial charge is 0.0540 e. The summed E-state index contributed by atoms with van der Waals surface area (Å²) < 4.78 is 0. The van der Waals surface area contributed by atoms with E-state index < -0.39 is 0 Å². The molecule has 8 aromatic rings. The van der Waals surface area contributed by atoms with Crippen molar-refractivity contribution in [1.29, 1.82) is 0 Å². The molecule has 0 atom stereocenters. The van der Waals surface area contributed by atoms with Crippen LogP contribution in [0.4, 0.5) is 34.1 Å². The minimum atomic E-state index is 0.483. The average molecular weight is 621 g/mol. The second kappa shape index (κ2) is 12.2. The zero-order valence-corrected chi connectivity index (χ0v) is 28.1. The Hall–Kier alpha value is -5.60. The van der Waals surface area contributed by atoms with Crippen molar-refractivity contribution < 1.29 is 0 Å². The highest BCUT2D eigenvalue weighted by molar-refractivity contribution is 6.28. The van der Waals surface area contributed by atoms with E-state index in [9.17, 15) is 0 Å². The largest absolute Gasteiger partial charge is 0.310 e. The van der Waals surface area contributed by atoms with E-state index in [-0.39, 0.29) is 0 Å². The Morgan fingerprint density at radius 2 is 0.667 bits per heavy atom. The number of rotatable bonds is 8. The third-order valence-electron chi connectivity index (χ3n) is 9.77. The maximum atomic E-state index is 2.41. The summed E-state index contributed by atoms with van der Waals surface area (Å²) in [4.78, 5) is 4.81. The number of anilines is 6. The van der Waals surface area contributed by atoms with E-state index in [4.69, 9.17) is 0 Å². The first-order valence-corrected chi connectivity index (χ1v) is 17.1. The predicted molar refractivity (Wildman–Crippen MR) is 208 cm³/mol. The molecule has 0 aliphatic rings. The van der Waals surface area contributed by atoms with Gasteiger partial charge in [-0.3, -0.25) is 0 Å². The van der Waals surface area contributed by atoms with Crippen LogP contribution in [-0.4, -0.2) is 0 Å². The zero-order valence-electron chi connectivity index (χ0n) is 28.1. The third kappa shape index (κ3) is 5.15. The summed E-state index contributed by atoms with van der Waals surface area (Å²) in [5.41, 5.74) is 9.64. The Labute approximate surface area is 283 Å². The lowest BCUT2D eigenvalue weighted by molar-refractivity contribution is 0.866. The molecule has 48 heavy (non-hydrogen) atoms. The number of nitrogens with zero attached hydrogens (tertiary/aromatic N) is 2.